The molecule has 2 rings (SSSR count). The Morgan fingerprint density at radius 1 is 1.17 bits per heavy atom. The first-order valence-electron chi connectivity index (χ1n) is 6.38. The second kappa shape index (κ2) is 6.35. The van der Waals surface area contributed by atoms with Gasteiger partial charge >= 0.3 is 12.1 Å². The molecule has 0 aliphatic rings. The van der Waals surface area contributed by atoms with Gasteiger partial charge in [-0.15, -0.1) is 0 Å². The van der Waals surface area contributed by atoms with E-state index in [-0.39, 0.29) is 16.7 Å². The Balaban J connectivity index is 2.69. The van der Waals surface area contributed by atoms with Crippen molar-refractivity contribution in [1.82, 2.24) is 4.98 Å². The second-order valence-electron chi connectivity index (χ2n) is 4.79. The molecule has 1 aromatic carbocycles. The maximum atomic E-state index is 14.1. The third-order valence-electron chi connectivity index (χ3n) is 3.18. The molecule has 3 nitrogen and oxygen atoms in total. The van der Waals surface area contributed by atoms with Crippen LogP contribution in [0.4, 0.5) is 22.0 Å². The van der Waals surface area contributed by atoms with Crippen molar-refractivity contribution in [3.05, 3.63) is 51.7 Å². The number of esters is 1. The van der Waals surface area contributed by atoms with Crippen LogP contribution in [0.1, 0.15) is 21.6 Å². The Kier molecular flexibility index (Phi) is 4.80. The Morgan fingerprint density at radius 3 is 2.33 bits per heavy atom. The van der Waals surface area contributed by atoms with E-state index in [9.17, 15) is 26.7 Å². The lowest BCUT2D eigenvalue weighted by molar-refractivity contribution is -0.138. The summed E-state index contributed by atoms with van der Waals surface area (Å²) in [6, 6.07) is 1.76. The van der Waals surface area contributed by atoms with Crippen molar-refractivity contribution in [2.24, 2.45) is 0 Å². The van der Waals surface area contributed by atoms with Gasteiger partial charge < -0.3 is 4.74 Å². The van der Waals surface area contributed by atoms with Gasteiger partial charge in [-0.2, -0.15) is 13.2 Å². The average Bonchev–Trinajstić information content (AvgIpc) is 2.48. The number of carbonyl (C=O) groups is 1. The summed E-state index contributed by atoms with van der Waals surface area (Å²) in [5.74, 6) is -3.42. The highest BCUT2D eigenvalue weighted by atomic mass is 35.5. The number of methoxy groups -OCH3 is 1. The molecule has 0 unspecified atom stereocenters. The zero-order valence-corrected chi connectivity index (χ0v) is 13.0. The summed E-state index contributed by atoms with van der Waals surface area (Å²) in [5, 5.41) is -0.368. The third kappa shape index (κ3) is 3.33. The predicted octanol–water partition coefficient (Wildman–Crippen LogP) is 4.79. The molecule has 0 aliphatic heterocycles. The van der Waals surface area contributed by atoms with Crippen LogP contribution in [0, 0.1) is 18.6 Å². The van der Waals surface area contributed by atoms with Crippen molar-refractivity contribution in [3.8, 4) is 11.3 Å². The molecule has 0 radical (unpaired) electrons. The van der Waals surface area contributed by atoms with Gasteiger partial charge in [-0.25, -0.2) is 18.6 Å². The Labute approximate surface area is 138 Å². The first-order valence-corrected chi connectivity index (χ1v) is 6.76. The van der Waals surface area contributed by atoms with Gasteiger partial charge in [0.05, 0.1) is 17.7 Å². The first-order chi connectivity index (χ1) is 11.1. The number of aromatic nitrogens is 1. The van der Waals surface area contributed by atoms with Gasteiger partial charge in [0.25, 0.3) is 0 Å². The predicted molar refractivity (Wildman–Crippen MR) is 75.7 cm³/mol. The van der Waals surface area contributed by atoms with Gasteiger partial charge in [0.1, 0.15) is 11.5 Å². The van der Waals surface area contributed by atoms with Gasteiger partial charge in [-0.1, -0.05) is 11.6 Å². The van der Waals surface area contributed by atoms with Crippen LogP contribution in [-0.4, -0.2) is 18.1 Å². The number of carbonyl (C=O) groups excluding carboxylic acids is 1. The normalized spacial score (nSPS) is 11.5. The molecule has 9 heteroatoms. The summed E-state index contributed by atoms with van der Waals surface area (Å²) in [4.78, 5) is 15.1. The maximum Gasteiger partial charge on any atom is 0.416 e. The monoisotopic (exact) mass is 365 g/mol. The van der Waals surface area contributed by atoms with E-state index in [1.54, 1.807) is 0 Å². The van der Waals surface area contributed by atoms with Crippen LogP contribution in [0.2, 0.25) is 5.02 Å². The van der Waals surface area contributed by atoms with Crippen LogP contribution in [0.3, 0.4) is 0 Å². The van der Waals surface area contributed by atoms with Crippen LogP contribution in [0.25, 0.3) is 11.3 Å². The molecule has 0 atom stereocenters. The van der Waals surface area contributed by atoms with Crippen molar-refractivity contribution in [2.45, 2.75) is 13.1 Å². The van der Waals surface area contributed by atoms with E-state index >= 15 is 0 Å². The lowest BCUT2D eigenvalue weighted by Gasteiger charge is -2.13. The van der Waals surface area contributed by atoms with E-state index in [0.29, 0.717) is 6.07 Å². The largest absolute Gasteiger partial charge is 0.464 e. The lowest BCUT2D eigenvalue weighted by atomic mass is 10.0. The molecule has 0 bridgehead atoms. The smallest absolute Gasteiger partial charge is 0.416 e. The molecule has 128 valence electrons. The van der Waals surface area contributed by atoms with Crippen molar-refractivity contribution in [3.63, 3.8) is 0 Å². The van der Waals surface area contributed by atoms with Gasteiger partial charge in [0.15, 0.2) is 11.5 Å². The minimum atomic E-state index is -4.76. The summed E-state index contributed by atoms with van der Waals surface area (Å²) >= 11 is 5.67. The van der Waals surface area contributed by atoms with Crippen molar-refractivity contribution in [2.75, 3.05) is 7.11 Å². The summed E-state index contributed by atoms with van der Waals surface area (Å²) in [6.45, 7) is 1.10. The molecule has 2 aromatic rings. The van der Waals surface area contributed by atoms with Crippen LogP contribution in [0.15, 0.2) is 18.2 Å². The fraction of sp³-hybridized carbons (Fsp3) is 0.200. The molecule has 0 spiro atoms. The third-order valence-corrected chi connectivity index (χ3v) is 3.47. The quantitative estimate of drug-likeness (QED) is 0.567. The minimum absolute atomic E-state index is 0.248. The summed E-state index contributed by atoms with van der Waals surface area (Å²) in [5.41, 5.74) is -3.16. The van der Waals surface area contributed by atoms with E-state index in [1.165, 1.54) is 0 Å². The molecule has 24 heavy (non-hydrogen) atoms. The van der Waals surface area contributed by atoms with Crippen molar-refractivity contribution < 1.29 is 31.5 Å². The maximum absolute atomic E-state index is 14.1. The SMILES string of the molecule is COC(=O)c1nc(-c2cc(C)c(C(F)(F)F)cc2F)c(F)cc1Cl. The van der Waals surface area contributed by atoms with Gasteiger partial charge in [0, 0.05) is 5.56 Å². The number of halogens is 6. The van der Waals surface area contributed by atoms with Crippen molar-refractivity contribution >= 4 is 17.6 Å². The highest BCUT2D eigenvalue weighted by Gasteiger charge is 2.34. The van der Waals surface area contributed by atoms with Crippen LogP contribution >= 0.6 is 11.6 Å². The number of hydrogen-bond acceptors (Lipinski definition) is 3. The summed E-state index contributed by atoms with van der Waals surface area (Å²) < 4.78 is 70.9. The first kappa shape index (κ1) is 18.1. The zero-order valence-electron chi connectivity index (χ0n) is 12.3. The molecular formula is C15H9ClF5NO2. The highest BCUT2D eigenvalue weighted by Crippen LogP contribution is 2.36. The van der Waals surface area contributed by atoms with E-state index < -0.39 is 46.3 Å². The van der Waals surface area contributed by atoms with E-state index in [4.69, 9.17) is 11.6 Å². The Hall–Kier alpha value is -2.22. The highest BCUT2D eigenvalue weighted by molar-refractivity contribution is 6.33. The molecule has 0 saturated carbocycles. The van der Waals surface area contributed by atoms with E-state index in [2.05, 4.69) is 9.72 Å². The minimum Gasteiger partial charge on any atom is -0.464 e. The number of benzene rings is 1. The molecule has 0 amide bonds. The number of ether oxygens (including phenoxy) is 1. The standard InChI is InChI=1S/C15H9ClF5NO2/c1-6-3-7(10(17)4-8(6)15(19,20)21)12-11(18)5-9(16)13(22-12)14(23)24-2/h3-5H,1-2H3. The van der Waals surface area contributed by atoms with Gasteiger partial charge in [-0.3, -0.25) is 0 Å². The van der Waals surface area contributed by atoms with Crippen LogP contribution in [0.5, 0.6) is 0 Å². The zero-order chi connectivity index (χ0) is 18.2. The molecule has 1 heterocycles. The number of alkyl halides is 3. The topological polar surface area (TPSA) is 39.2 Å². The number of hydrogen-bond donors (Lipinski definition) is 0. The van der Waals surface area contributed by atoms with Crippen molar-refractivity contribution in [1.29, 1.82) is 0 Å². The fourth-order valence-electron chi connectivity index (χ4n) is 2.06. The molecule has 0 N–H and O–H groups in total. The molecule has 0 aliphatic carbocycles. The molecule has 0 fully saturated rings. The summed E-state index contributed by atoms with van der Waals surface area (Å²) in [7, 11) is 1.03. The Morgan fingerprint density at radius 2 is 1.79 bits per heavy atom. The molecule has 1 aromatic heterocycles. The fourth-order valence-corrected chi connectivity index (χ4v) is 2.28. The van der Waals surface area contributed by atoms with Gasteiger partial charge in [-0.05, 0) is 30.7 Å². The Bertz CT molecular complexity index is 820. The number of nitrogens with zero attached hydrogens (tertiary/aromatic N) is 1. The number of rotatable bonds is 2. The van der Waals surface area contributed by atoms with E-state index in [0.717, 1.165) is 20.1 Å². The molecule has 0 saturated heterocycles. The van der Waals surface area contributed by atoms with E-state index in [1.807, 2.05) is 0 Å². The summed E-state index contributed by atoms with van der Waals surface area (Å²) in [6.07, 6.45) is -4.76. The second-order valence-corrected chi connectivity index (χ2v) is 5.19. The van der Waals surface area contributed by atoms with Gasteiger partial charge in [0.2, 0.25) is 0 Å². The number of pyridine rings is 1. The number of aryl methyl sites for hydroxylation is 1. The van der Waals surface area contributed by atoms with Crippen LogP contribution < -0.4 is 0 Å². The average molecular weight is 366 g/mol. The van der Waals surface area contributed by atoms with Crippen LogP contribution in [-0.2, 0) is 10.9 Å². The lowest BCUT2D eigenvalue weighted by Crippen LogP contribution is -2.10. The molecular weight excluding hydrogens is 357 g/mol.